The first-order chi connectivity index (χ1) is 4.06. The smallest absolute Gasteiger partial charge is 0.266 e. The fourth-order valence-electron chi connectivity index (χ4n) is 0.181. The Bertz CT molecular complexity index is 183. The Morgan fingerprint density at radius 1 is 1.89 bits per heavy atom. The van der Waals surface area contributed by atoms with Crippen molar-refractivity contribution < 1.29 is 12.9 Å². The van der Waals surface area contributed by atoms with E-state index in [1.165, 1.54) is 12.3 Å². The predicted molar refractivity (Wildman–Crippen MR) is 37.4 cm³/mol. The molecule has 0 saturated heterocycles. The van der Waals surface area contributed by atoms with E-state index in [0.717, 1.165) is 0 Å². The van der Waals surface area contributed by atoms with E-state index in [0.29, 0.717) is 0 Å². The van der Waals surface area contributed by atoms with Gasteiger partial charge in [0, 0.05) is 11.2 Å². The first-order valence-electron chi connectivity index (χ1n) is 2.05. The summed E-state index contributed by atoms with van der Waals surface area (Å²) in [4.78, 5) is 0. The molecule has 1 atom stereocenters. The van der Waals surface area contributed by atoms with Crippen LogP contribution >= 0.6 is 0 Å². The van der Waals surface area contributed by atoms with E-state index in [4.69, 9.17) is 10.3 Å². The predicted octanol–water partition coefficient (Wildman–Crippen LogP) is -0.390. The third-order valence-corrected chi connectivity index (χ3v) is 1.17. The van der Waals surface area contributed by atoms with E-state index in [-0.39, 0.29) is 6.61 Å². The molecule has 1 unspecified atom stereocenters. The zero-order chi connectivity index (χ0) is 7.33. The van der Waals surface area contributed by atoms with Crippen molar-refractivity contribution in [3.05, 3.63) is 12.3 Å². The van der Waals surface area contributed by atoms with Crippen LogP contribution in [-0.4, -0.2) is 15.4 Å². The summed E-state index contributed by atoms with van der Waals surface area (Å²) in [7, 11) is -3.47. The van der Waals surface area contributed by atoms with Crippen molar-refractivity contribution in [3.63, 3.8) is 0 Å². The van der Waals surface area contributed by atoms with Gasteiger partial charge < -0.3 is 5.73 Å². The molecule has 0 spiro atoms. The molecule has 0 aliphatic carbocycles. The van der Waals surface area contributed by atoms with Crippen LogP contribution < -0.4 is 5.73 Å². The van der Waals surface area contributed by atoms with Crippen molar-refractivity contribution >= 4 is 20.2 Å². The second-order valence-corrected chi connectivity index (χ2v) is 3.50. The van der Waals surface area contributed by atoms with Gasteiger partial charge >= 0.3 is 0 Å². The first kappa shape index (κ1) is 8.83. The minimum atomic E-state index is -3.47. The molecule has 0 amide bonds. The van der Waals surface area contributed by atoms with Gasteiger partial charge in [0.15, 0.2) is 0 Å². The van der Waals surface area contributed by atoms with Gasteiger partial charge in [0.25, 0.3) is 9.05 Å². The fraction of sp³-hybridized carbons (Fsp3) is 0.333. The number of hydrogen-bond donors (Lipinski definition) is 2. The topological polar surface area (TPSA) is 72.5 Å². The molecule has 0 fully saturated rings. The van der Waals surface area contributed by atoms with Crippen molar-refractivity contribution in [1.29, 1.82) is 0 Å². The summed E-state index contributed by atoms with van der Waals surface area (Å²) < 4.78 is 22.6. The molecule has 0 aromatic heterocycles. The quantitative estimate of drug-likeness (QED) is 0.602. The average molecular weight is 169 g/mol. The lowest BCUT2D eigenvalue weighted by atomic mass is 10.7. The highest BCUT2D eigenvalue weighted by atomic mass is 32.9. The zero-order valence-corrected chi connectivity index (χ0v) is 6.15. The highest BCUT2D eigenvalue weighted by Crippen LogP contribution is 1.85. The van der Waals surface area contributed by atoms with Crippen LogP contribution in [0.25, 0.3) is 0 Å². The molecule has 6 heteroatoms. The lowest BCUT2D eigenvalue weighted by Crippen LogP contribution is -2.01. The summed E-state index contributed by atoms with van der Waals surface area (Å²) in [6, 6.07) is 0. The summed E-state index contributed by atoms with van der Waals surface area (Å²) in [5.74, 6) is 0. The molecular weight excluding hydrogens is 162 g/mol. The van der Waals surface area contributed by atoms with Gasteiger partial charge in [-0.3, -0.25) is 8.74 Å². The maximum atomic E-state index is 10.1. The molecule has 0 radical (unpaired) electrons. The minimum absolute atomic E-state index is 0.0324. The van der Waals surface area contributed by atoms with E-state index in [2.05, 4.69) is 15.4 Å². The Balaban J connectivity index is 3.53. The fourth-order valence-corrected chi connectivity index (χ4v) is 0.598. The molecule has 4 nitrogen and oxygen atoms in total. The molecule has 0 bridgehead atoms. The van der Waals surface area contributed by atoms with E-state index in [9.17, 15) is 4.21 Å². The normalized spacial score (nSPS) is 17.9. The van der Waals surface area contributed by atoms with Gasteiger partial charge in [-0.1, -0.05) is 0 Å². The molecule has 0 aliphatic rings. The van der Waals surface area contributed by atoms with Gasteiger partial charge in [0.2, 0.25) is 0 Å². The van der Waals surface area contributed by atoms with Gasteiger partial charge in [-0.15, -0.1) is 0 Å². The molecule has 54 valence electrons. The highest BCUT2D eigenvalue weighted by molar-refractivity contribution is 8.27. The van der Waals surface area contributed by atoms with E-state index >= 15 is 0 Å². The lowest BCUT2D eigenvalue weighted by molar-refractivity contribution is 0.339. The van der Waals surface area contributed by atoms with Crippen LogP contribution in [0.2, 0.25) is 0 Å². The molecule has 0 aromatic rings. The Morgan fingerprint density at radius 3 is 2.78 bits per heavy atom. The van der Waals surface area contributed by atoms with E-state index < -0.39 is 9.05 Å². The molecule has 0 aliphatic heterocycles. The third kappa shape index (κ3) is 7.83. The van der Waals surface area contributed by atoms with Crippen molar-refractivity contribution in [2.75, 3.05) is 6.61 Å². The second-order valence-electron chi connectivity index (χ2n) is 1.14. The summed E-state index contributed by atoms with van der Waals surface area (Å²) in [6.45, 7) is -0.0324. The zero-order valence-electron chi connectivity index (χ0n) is 4.52. The first-order valence-corrected chi connectivity index (χ1v) is 4.41. The van der Waals surface area contributed by atoms with Crippen LogP contribution in [0, 0.1) is 0 Å². The van der Waals surface area contributed by atoms with E-state index in [1.54, 1.807) is 0 Å². The molecule has 0 rings (SSSR count). The highest BCUT2D eigenvalue weighted by Gasteiger charge is 1.94. The third-order valence-electron chi connectivity index (χ3n) is 0.449. The number of nitrogens with two attached hydrogens (primary N) is 1. The van der Waals surface area contributed by atoms with Crippen molar-refractivity contribution in [2.45, 2.75) is 0 Å². The van der Waals surface area contributed by atoms with Gasteiger partial charge in [0.05, 0.1) is 6.61 Å². The Kier molecular flexibility index (Phi) is 3.71. The Labute approximate surface area is 58.4 Å². The van der Waals surface area contributed by atoms with Crippen LogP contribution in [0.15, 0.2) is 12.3 Å². The average Bonchev–Trinajstić information content (AvgIpc) is 1.63. The largest absolute Gasteiger partial charge is 0.405 e. The maximum Gasteiger partial charge on any atom is 0.266 e. The summed E-state index contributed by atoms with van der Waals surface area (Å²) >= 11 is 3.98. The number of hydrogen-bond acceptors (Lipinski definition) is 4. The molecular formula is C3H7NO3S2. The summed E-state index contributed by atoms with van der Waals surface area (Å²) in [5.41, 5.74) is 4.89. The van der Waals surface area contributed by atoms with Gasteiger partial charge in [-0.05, 0) is 12.3 Å². The molecule has 0 aromatic carbocycles. The van der Waals surface area contributed by atoms with Crippen LogP contribution in [0.1, 0.15) is 0 Å². The van der Waals surface area contributed by atoms with Crippen LogP contribution in [0.4, 0.5) is 0 Å². The van der Waals surface area contributed by atoms with Crippen LogP contribution in [-0.2, 0) is 24.4 Å². The van der Waals surface area contributed by atoms with Crippen molar-refractivity contribution in [3.8, 4) is 0 Å². The summed E-state index contributed by atoms with van der Waals surface area (Å²) in [5, 5.41) is 0. The van der Waals surface area contributed by atoms with Gasteiger partial charge in [0.1, 0.15) is 0 Å². The molecule has 3 N–H and O–H groups in total. The van der Waals surface area contributed by atoms with Crippen LogP contribution in [0.5, 0.6) is 0 Å². The van der Waals surface area contributed by atoms with Crippen LogP contribution in [0.3, 0.4) is 0 Å². The monoisotopic (exact) mass is 169 g/mol. The standard InChI is InChI=1S/C3H7NO3S2/c4-2-1-3-7-9(5,6)8/h1-2H,3-4H2,(H,5,6,8). The van der Waals surface area contributed by atoms with Gasteiger partial charge in [-0.25, -0.2) is 0 Å². The summed E-state index contributed by atoms with van der Waals surface area (Å²) in [6.07, 6.45) is 2.59. The van der Waals surface area contributed by atoms with Gasteiger partial charge in [-0.2, -0.15) is 4.21 Å². The van der Waals surface area contributed by atoms with E-state index in [1.807, 2.05) is 0 Å². The molecule has 0 saturated carbocycles. The second kappa shape index (κ2) is 3.78. The minimum Gasteiger partial charge on any atom is -0.405 e. The number of rotatable bonds is 3. The van der Waals surface area contributed by atoms with Crippen molar-refractivity contribution in [1.82, 2.24) is 0 Å². The lowest BCUT2D eigenvalue weighted by Gasteiger charge is -1.94. The Morgan fingerprint density at radius 2 is 2.44 bits per heavy atom. The molecule has 0 heterocycles. The maximum absolute atomic E-state index is 10.1. The molecule has 9 heavy (non-hydrogen) atoms. The Hall–Kier alpha value is -0.170. The SMILES string of the molecule is NC=CCOS(=O)(O)=S. The van der Waals surface area contributed by atoms with Crippen molar-refractivity contribution in [2.24, 2.45) is 5.73 Å².